The third kappa shape index (κ3) is 5.70. The Kier molecular flexibility index (Phi) is 7.61. The van der Waals surface area contributed by atoms with Crippen LogP contribution in [0.1, 0.15) is 95.0 Å². The summed E-state index contributed by atoms with van der Waals surface area (Å²) in [6.45, 7) is 6.53. The third-order valence-electron chi connectivity index (χ3n) is 8.27. The van der Waals surface area contributed by atoms with E-state index in [1.807, 2.05) is 36.6 Å². The highest BCUT2D eigenvalue weighted by Gasteiger charge is 2.32. The smallest absolute Gasteiger partial charge is 0.262 e. The van der Waals surface area contributed by atoms with Crippen molar-refractivity contribution in [2.75, 3.05) is 13.7 Å². The fourth-order valence-corrected chi connectivity index (χ4v) is 6.55. The van der Waals surface area contributed by atoms with Crippen molar-refractivity contribution in [3.8, 4) is 11.5 Å². The Hall–Kier alpha value is -3.63. The molecule has 2 amide bonds. The van der Waals surface area contributed by atoms with Crippen LogP contribution >= 0.6 is 11.3 Å². The molecule has 0 aromatic carbocycles. The maximum Gasteiger partial charge on any atom is 0.262 e. The molecule has 1 saturated carbocycles. The van der Waals surface area contributed by atoms with E-state index in [-0.39, 0.29) is 11.9 Å². The second kappa shape index (κ2) is 11.2. The number of fused-ring (bicyclic) bond motifs is 2. The number of carbonyl (C=O) groups excluding carboxylic acids is 2. The number of nitrogens with one attached hydrogen (secondary N) is 1. The zero-order valence-corrected chi connectivity index (χ0v) is 25.4. The first-order valence-electron chi connectivity index (χ1n) is 14.6. The van der Waals surface area contributed by atoms with E-state index in [0.29, 0.717) is 47.5 Å². The first-order chi connectivity index (χ1) is 20.1. The Balaban J connectivity index is 1.14. The number of methoxy groups -OCH3 is 1. The van der Waals surface area contributed by atoms with Gasteiger partial charge >= 0.3 is 0 Å². The Morgan fingerprint density at radius 2 is 2.05 bits per heavy atom. The fourth-order valence-electron chi connectivity index (χ4n) is 5.53. The van der Waals surface area contributed by atoms with Gasteiger partial charge in [0.15, 0.2) is 5.75 Å². The molecule has 3 aromatic heterocycles. The number of hydrogen-bond donors (Lipinski definition) is 2. The van der Waals surface area contributed by atoms with Gasteiger partial charge in [0.1, 0.15) is 23.0 Å². The van der Waals surface area contributed by atoms with E-state index in [9.17, 15) is 9.59 Å². The molecule has 3 aliphatic rings. The number of hydrogen-bond acceptors (Lipinski definition) is 7. The zero-order chi connectivity index (χ0) is 29.6. The largest absolute Gasteiger partial charge is 0.489 e. The monoisotopic (exact) mass is 590 g/mol. The summed E-state index contributed by atoms with van der Waals surface area (Å²) in [6, 6.07) is 3.82. The van der Waals surface area contributed by atoms with Crippen LogP contribution in [0.3, 0.4) is 0 Å². The maximum absolute atomic E-state index is 13.4. The maximum atomic E-state index is 13.4. The van der Waals surface area contributed by atoms with Gasteiger partial charge in [0.05, 0.1) is 28.6 Å². The van der Waals surface area contributed by atoms with Crippen molar-refractivity contribution in [2.45, 2.75) is 76.9 Å². The SMILES string of the molecule is COC(C)(C)COc1ccc2c(C(=O)N[C@@H]3CC=C(Oc4c(C(N)=O)sc5c4CC(C)C=C5)CC3)cnn2c1C1CC1. The van der Waals surface area contributed by atoms with Crippen LogP contribution in [0.15, 0.2) is 36.2 Å². The van der Waals surface area contributed by atoms with Crippen LogP contribution in [0, 0.1) is 5.92 Å². The van der Waals surface area contributed by atoms with Crippen molar-refractivity contribution in [3.05, 3.63) is 62.8 Å². The number of nitrogens with two attached hydrogens (primary N) is 1. The highest BCUT2D eigenvalue weighted by molar-refractivity contribution is 7.15. The van der Waals surface area contributed by atoms with Crippen LogP contribution in [0.25, 0.3) is 11.6 Å². The number of amides is 2. The van der Waals surface area contributed by atoms with Gasteiger partial charge in [-0.3, -0.25) is 9.59 Å². The minimum Gasteiger partial charge on any atom is -0.489 e. The summed E-state index contributed by atoms with van der Waals surface area (Å²) in [6.07, 6.45) is 12.8. The molecule has 10 heteroatoms. The van der Waals surface area contributed by atoms with Gasteiger partial charge in [-0.25, -0.2) is 4.52 Å². The summed E-state index contributed by atoms with van der Waals surface area (Å²) < 4.78 is 19.8. The van der Waals surface area contributed by atoms with E-state index in [1.54, 1.807) is 13.3 Å². The van der Waals surface area contributed by atoms with Gasteiger partial charge in [-0.2, -0.15) is 5.10 Å². The highest BCUT2D eigenvalue weighted by atomic mass is 32.1. The van der Waals surface area contributed by atoms with Gasteiger partial charge in [-0.1, -0.05) is 13.0 Å². The Morgan fingerprint density at radius 1 is 1.24 bits per heavy atom. The molecule has 0 spiro atoms. The number of carbonyl (C=O) groups is 2. The topological polar surface area (TPSA) is 117 Å². The van der Waals surface area contributed by atoms with Crippen LogP contribution in [-0.4, -0.2) is 46.8 Å². The molecular formula is C32H38N4O5S. The molecule has 2 atom stereocenters. The van der Waals surface area contributed by atoms with Crippen LogP contribution in [0.2, 0.25) is 0 Å². The van der Waals surface area contributed by atoms with Gasteiger partial charge in [0, 0.05) is 35.9 Å². The van der Waals surface area contributed by atoms with Gasteiger partial charge in [0.2, 0.25) is 0 Å². The number of allylic oxidation sites excluding steroid dienone is 2. The van der Waals surface area contributed by atoms with Gasteiger partial charge in [-0.05, 0) is 76.2 Å². The molecule has 3 N–H and O–H groups in total. The van der Waals surface area contributed by atoms with Crippen molar-refractivity contribution >= 4 is 34.7 Å². The van der Waals surface area contributed by atoms with Crippen molar-refractivity contribution in [1.29, 1.82) is 0 Å². The van der Waals surface area contributed by atoms with E-state index < -0.39 is 11.5 Å². The van der Waals surface area contributed by atoms with E-state index in [1.165, 1.54) is 11.3 Å². The van der Waals surface area contributed by atoms with E-state index in [2.05, 4.69) is 29.5 Å². The number of nitrogens with zero attached hydrogens (tertiary/aromatic N) is 2. The number of aromatic nitrogens is 2. The average Bonchev–Trinajstić information content (AvgIpc) is 3.62. The Bertz CT molecular complexity index is 1600. The molecule has 3 aliphatic carbocycles. The van der Waals surface area contributed by atoms with Crippen molar-refractivity contribution in [1.82, 2.24) is 14.9 Å². The van der Waals surface area contributed by atoms with Gasteiger partial charge in [-0.15, -0.1) is 11.3 Å². The molecule has 9 nitrogen and oxygen atoms in total. The summed E-state index contributed by atoms with van der Waals surface area (Å²) >= 11 is 1.39. The first-order valence-corrected chi connectivity index (χ1v) is 15.4. The lowest BCUT2D eigenvalue weighted by molar-refractivity contribution is -0.0150. The summed E-state index contributed by atoms with van der Waals surface area (Å²) in [7, 11) is 1.68. The normalized spacial score (nSPS) is 20.2. The Morgan fingerprint density at radius 3 is 2.74 bits per heavy atom. The van der Waals surface area contributed by atoms with E-state index in [4.69, 9.17) is 19.9 Å². The minimum absolute atomic E-state index is 0.0310. The molecule has 0 aliphatic heterocycles. The lowest BCUT2D eigenvalue weighted by Crippen LogP contribution is -2.36. The van der Waals surface area contributed by atoms with E-state index >= 15 is 0 Å². The van der Waals surface area contributed by atoms with E-state index in [0.717, 1.165) is 58.8 Å². The number of pyridine rings is 1. The van der Waals surface area contributed by atoms with Gasteiger partial charge < -0.3 is 25.3 Å². The summed E-state index contributed by atoms with van der Waals surface area (Å²) in [5, 5.41) is 7.80. The molecule has 0 saturated heterocycles. The molecule has 3 heterocycles. The second-order valence-corrected chi connectivity index (χ2v) is 13.2. The van der Waals surface area contributed by atoms with Crippen molar-refractivity contribution in [3.63, 3.8) is 0 Å². The molecular weight excluding hydrogens is 552 g/mol. The van der Waals surface area contributed by atoms with Crippen molar-refractivity contribution < 1.29 is 23.8 Å². The standard InChI is InChI=1S/C32H38N4O5S/c1-18-5-14-26-22(15-18)28(29(42-26)30(33)37)41-21-10-8-20(9-11-21)35-31(38)23-16-34-36-24(23)12-13-25(27(36)19-6-7-19)40-17-32(2,3)39-4/h5,10,12-14,16,18-20H,6-9,11,15,17H2,1-4H3,(H2,33,37)(H,35,38)/t18?,20-/m1/s1. The minimum atomic E-state index is -0.470. The molecule has 3 aromatic rings. The predicted octanol–water partition coefficient (Wildman–Crippen LogP) is 5.63. The number of thiophene rings is 1. The zero-order valence-electron chi connectivity index (χ0n) is 24.6. The molecule has 222 valence electrons. The number of primary amides is 1. The lowest BCUT2D eigenvalue weighted by atomic mass is 9.95. The Labute approximate surface area is 249 Å². The van der Waals surface area contributed by atoms with Gasteiger partial charge in [0.25, 0.3) is 11.8 Å². The fraction of sp³-hybridized carbons (Fsp3) is 0.469. The predicted molar refractivity (Wildman–Crippen MR) is 162 cm³/mol. The quantitative estimate of drug-likeness (QED) is 0.316. The number of rotatable bonds is 10. The second-order valence-electron chi connectivity index (χ2n) is 12.2. The molecule has 0 radical (unpaired) electrons. The molecule has 1 unspecified atom stereocenters. The van der Waals surface area contributed by atoms with Crippen LogP contribution < -0.4 is 20.5 Å². The van der Waals surface area contributed by atoms with Crippen LogP contribution in [0.5, 0.6) is 11.5 Å². The molecule has 6 rings (SSSR count). The summed E-state index contributed by atoms with van der Waals surface area (Å²) in [5.74, 6) is 2.31. The third-order valence-corrected chi connectivity index (χ3v) is 9.46. The summed E-state index contributed by atoms with van der Waals surface area (Å²) in [4.78, 5) is 27.0. The molecule has 42 heavy (non-hydrogen) atoms. The van der Waals surface area contributed by atoms with Crippen LogP contribution in [0.4, 0.5) is 0 Å². The lowest BCUT2D eigenvalue weighted by Gasteiger charge is -2.24. The number of ether oxygens (including phenoxy) is 3. The molecule has 1 fully saturated rings. The highest BCUT2D eigenvalue weighted by Crippen LogP contribution is 2.45. The van der Waals surface area contributed by atoms with Crippen LogP contribution in [-0.2, 0) is 11.2 Å². The molecule has 0 bridgehead atoms. The van der Waals surface area contributed by atoms with Crippen molar-refractivity contribution in [2.24, 2.45) is 11.7 Å². The first kappa shape index (κ1) is 28.5. The average molecular weight is 591 g/mol. The summed E-state index contributed by atoms with van der Waals surface area (Å²) in [5.41, 5.74) is 8.66.